The minimum Gasteiger partial charge on any atom is -0.378 e. The maximum atomic E-state index is 12.9. The highest BCUT2D eigenvalue weighted by Gasteiger charge is 2.30. The standard InChI is InChI=1S/C19H27N5O3S/c1-15-20-18(14-22(15)4)28(26,27)24-11-5-10-23(12-13-24)19(25)16-6-8-17(9-7-16)21(2)3/h6-9,14H,5,10-13H2,1-4H3. The Morgan fingerprint density at radius 1 is 1.07 bits per heavy atom. The molecule has 1 fully saturated rings. The van der Waals surface area contributed by atoms with Crippen LogP contribution in [0.25, 0.3) is 0 Å². The third-order valence-corrected chi connectivity index (χ3v) is 6.83. The second-order valence-electron chi connectivity index (χ2n) is 7.23. The van der Waals surface area contributed by atoms with Crippen LogP contribution in [-0.2, 0) is 17.1 Å². The van der Waals surface area contributed by atoms with Crippen molar-refractivity contribution in [3.05, 3.63) is 41.9 Å². The first-order chi connectivity index (χ1) is 13.2. The van der Waals surface area contributed by atoms with Gasteiger partial charge in [-0.25, -0.2) is 13.4 Å². The van der Waals surface area contributed by atoms with Crippen LogP contribution in [0.1, 0.15) is 22.6 Å². The van der Waals surface area contributed by atoms with E-state index in [1.807, 2.05) is 43.3 Å². The van der Waals surface area contributed by atoms with Gasteiger partial charge in [0.15, 0.2) is 5.03 Å². The second-order valence-corrected chi connectivity index (χ2v) is 9.11. The van der Waals surface area contributed by atoms with Crippen LogP contribution >= 0.6 is 0 Å². The number of nitrogens with zero attached hydrogens (tertiary/aromatic N) is 5. The highest BCUT2D eigenvalue weighted by atomic mass is 32.2. The quantitative estimate of drug-likeness (QED) is 0.767. The number of imidazole rings is 1. The highest BCUT2D eigenvalue weighted by molar-refractivity contribution is 7.89. The van der Waals surface area contributed by atoms with Gasteiger partial charge in [-0.3, -0.25) is 4.79 Å². The molecule has 1 aromatic carbocycles. The molecule has 0 saturated carbocycles. The number of carbonyl (C=O) groups is 1. The molecular weight excluding hydrogens is 378 g/mol. The number of amides is 1. The molecule has 0 atom stereocenters. The number of carbonyl (C=O) groups excluding carboxylic acids is 1. The lowest BCUT2D eigenvalue weighted by Gasteiger charge is -2.22. The molecular formula is C19H27N5O3S. The van der Waals surface area contributed by atoms with E-state index < -0.39 is 10.0 Å². The first-order valence-electron chi connectivity index (χ1n) is 9.27. The number of hydrogen-bond donors (Lipinski definition) is 0. The molecule has 1 aliphatic heterocycles. The summed E-state index contributed by atoms with van der Waals surface area (Å²) in [5.74, 6) is 0.574. The molecule has 28 heavy (non-hydrogen) atoms. The fraction of sp³-hybridized carbons (Fsp3) is 0.474. The van der Waals surface area contributed by atoms with Crippen molar-refractivity contribution in [2.45, 2.75) is 18.4 Å². The molecule has 2 heterocycles. The lowest BCUT2D eigenvalue weighted by atomic mass is 10.1. The highest BCUT2D eigenvalue weighted by Crippen LogP contribution is 2.19. The van der Waals surface area contributed by atoms with Crippen LogP contribution < -0.4 is 4.90 Å². The zero-order valence-electron chi connectivity index (χ0n) is 16.8. The summed E-state index contributed by atoms with van der Waals surface area (Å²) < 4.78 is 28.9. The fourth-order valence-corrected chi connectivity index (χ4v) is 4.70. The minimum atomic E-state index is -3.66. The van der Waals surface area contributed by atoms with Crippen molar-refractivity contribution >= 4 is 21.6 Å². The van der Waals surface area contributed by atoms with E-state index in [-0.39, 0.29) is 17.5 Å². The summed E-state index contributed by atoms with van der Waals surface area (Å²) in [6.45, 7) is 3.30. The second kappa shape index (κ2) is 7.92. The van der Waals surface area contributed by atoms with Crippen LogP contribution in [0.4, 0.5) is 5.69 Å². The molecule has 0 spiro atoms. The van der Waals surface area contributed by atoms with E-state index in [0.717, 1.165) is 5.69 Å². The van der Waals surface area contributed by atoms with Crippen LogP contribution in [0, 0.1) is 6.92 Å². The van der Waals surface area contributed by atoms with Gasteiger partial charge in [0.25, 0.3) is 15.9 Å². The fourth-order valence-electron chi connectivity index (χ4n) is 3.20. The maximum Gasteiger partial charge on any atom is 0.262 e. The van der Waals surface area contributed by atoms with Crippen molar-refractivity contribution in [2.75, 3.05) is 45.2 Å². The Kier molecular flexibility index (Phi) is 5.76. The number of rotatable bonds is 4. The smallest absolute Gasteiger partial charge is 0.262 e. The van der Waals surface area contributed by atoms with Crippen molar-refractivity contribution in [2.24, 2.45) is 7.05 Å². The summed E-state index contributed by atoms with van der Waals surface area (Å²) in [4.78, 5) is 20.7. The molecule has 1 saturated heterocycles. The lowest BCUT2D eigenvalue weighted by Crippen LogP contribution is -2.37. The minimum absolute atomic E-state index is 0.0616. The molecule has 3 rings (SSSR count). The zero-order chi connectivity index (χ0) is 20.5. The van der Waals surface area contributed by atoms with Crippen molar-refractivity contribution in [3.8, 4) is 0 Å². The molecule has 0 N–H and O–H groups in total. The third kappa shape index (κ3) is 4.05. The Morgan fingerprint density at radius 2 is 1.75 bits per heavy atom. The molecule has 9 heteroatoms. The summed E-state index contributed by atoms with van der Waals surface area (Å²) in [6.07, 6.45) is 2.12. The molecule has 8 nitrogen and oxygen atoms in total. The maximum absolute atomic E-state index is 12.9. The van der Waals surface area contributed by atoms with E-state index >= 15 is 0 Å². The summed E-state index contributed by atoms with van der Waals surface area (Å²) in [6, 6.07) is 7.44. The molecule has 1 aliphatic rings. The van der Waals surface area contributed by atoms with Gasteiger partial charge >= 0.3 is 0 Å². The van der Waals surface area contributed by atoms with E-state index in [0.29, 0.717) is 37.4 Å². The van der Waals surface area contributed by atoms with Gasteiger partial charge in [0.05, 0.1) is 0 Å². The van der Waals surface area contributed by atoms with Gasteiger partial charge in [-0.1, -0.05) is 0 Å². The van der Waals surface area contributed by atoms with Crippen LogP contribution in [0.2, 0.25) is 0 Å². The number of sulfonamides is 1. The molecule has 1 amide bonds. The van der Waals surface area contributed by atoms with E-state index in [9.17, 15) is 13.2 Å². The van der Waals surface area contributed by atoms with Gasteiger partial charge in [-0.2, -0.15) is 4.31 Å². The molecule has 152 valence electrons. The van der Waals surface area contributed by atoms with Crippen LogP contribution in [0.3, 0.4) is 0 Å². The zero-order valence-corrected chi connectivity index (χ0v) is 17.6. The Bertz CT molecular complexity index is 931. The van der Waals surface area contributed by atoms with Crippen molar-refractivity contribution in [3.63, 3.8) is 0 Å². The van der Waals surface area contributed by atoms with Crippen molar-refractivity contribution in [1.29, 1.82) is 0 Å². The lowest BCUT2D eigenvalue weighted by molar-refractivity contribution is 0.0764. The average Bonchev–Trinajstić information content (AvgIpc) is 2.87. The van der Waals surface area contributed by atoms with E-state index in [2.05, 4.69) is 4.98 Å². The summed E-state index contributed by atoms with van der Waals surface area (Å²) in [5.41, 5.74) is 1.64. The Hall–Kier alpha value is -2.39. The summed E-state index contributed by atoms with van der Waals surface area (Å²) in [7, 11) is 2.01. The van der Waals surface area contributed by atoms with Gasteiger partial charge in [0.1, 0.15) is 5.82 Å². The predicted molar refractivity (Wildman–Crippen MR) is 108 cm³/mol. The van der Waals surface area contributed by atoms with Crippen LogP contribution in [0.15, 0.2) is 35.5 Å². The number of anilines is 1. The van der Waals surface area contributed by atoms with Gasteiger partial charge in [0.2, 0.25) is 0 Å². The molecule has 0 unspecified atom stereocenters. The number of hydrogen-bond acceptors (Lipinski definition) is 5. The Labute approximate surface area is 166 Å². The number of aromatic nitrogens is 2. The molecule has 0 radical (unpaired) electrons. The van der Waals surface area contributed by atoms with Crippen LogP contribution in [-0.4, -0.2) is 73.4 Å². The summed E-state index contributed by atoms with van der Waals surface area (Å²) in [5, 5.41) is 0.0616. The molecule has 0 aliphatic carbocycles. The van der Waals surface area contributed by atoms with Crippen LogP contribution in [0.5, 0.6) is 0 Å². The SMILES string of the molecule is Cc1nc(S(=O)(=O)N2CCCN(C(=O)c3ccc(N(C)C)cc3)CC2)cn1C. The monoisotopic (exact) mass is 405 g/mol. The van der Waals surface area contributed by atoms with E-state index in [4.69, 9.17) is 0 Å². The Balaban J connectivity index is 1.71. The number of benzene rings is 1. The first kappa shape index (κ1) is 20.3. The predicted octanol–water partition coefficient (Wildman–Crippen LogP) is 1.33. The molecule has 0 bridgehead atoms. The topological polar surface area (TPSA) is 78.8 Å². The van der Waals surface area contributed by atoms with Gasteiger partial charge < -0.3 is 14.4 Å². The first-order valence-corrected chi connectivity index (χ1v) is 10.7. The van der Waals surface area contributed by atoms with E-state index in [1.165, 1.54) is 10.5 Å². The number of aryl methyl sites for hydroxylation is 2. The molecule has 2 aromatic rings. The van der Waals surface area contributed by atoms with Crippen molar-refractivity contribution in [1.82, 2.24) is 18.8 Å². The largest absolute Gasteiger partial charge is 0.378 e. The van der Waals surface area contributed by atoms with Gasteiger partial charge in [-0.05, 0) is 37.6 Å². The normalized spacial score (nSPS) is 16.1. The Morgan fingerprint density at radius 3 is 2.32 bits per heavy atom. The van der Waals surface area contributed by atoms with E-state index in [1.54, 1.807) is 23.4 Å². The molecule has 1 aromatic heterocycles. The van der Waals surface area contributed by atoms with Gasteiger partial charge in [-0.15, -0.1) is 0 Å². The average molecular weight is 406 g/mol. The van der Waals surface area contributed by atoms with Crippen molar-refractivity contribution < 1.29 is 13.2 Å². The third-order valence-electron chi connectivity index (χ3n) is 5.06. The van der Waals surface area contributed by atoms with Gasteiger partial charge in [0, 0.05) is 64.8 Å². The summed E-state index contributed by atoms with van der Waals surface area (Å²) >= 11 is 0.